The molecule has 1 heterocycles. The van der Waals surface area contributed by atoms with Crippen LogP contribution in [0.15, 0.2) is 36.4 Å². The minimum Gasteiger partial charge on any atom is -0.348 e. The zero-order valence-corrected chi connectivity index (χ0v) is 8.44. The minimum atomic E-state index is 0.0853. The van der Waals surface area contributed by atoms with Gasteiger partial charge in [0.2, 0.25) is 0 Å². The number of rotatable bonds is 0. The van der Waals surface area contributed by atoms with E-state index in [9.17, 15) is 4.79 Å². The van der Waals surface area contributed by atoms with E-state index < -0.39 is 0 Å². The molecule has 1 aromatic carbocycles. The first-order valence-corrected chi connectivity index (χ1v) is 5.41. The lowest BCUT2D eigenvalue weighted by atomic mass is 9.78. The van der Waals surface area contributed by atoms with Crippen LogP contribution in [0.3, 0.4) is 0 Å². The third kappa shape index (κ3) is 1.29. The lowest BCUT2D eigenvalue weighted by Crippen LogP contribution is -2.44. The van der Waals surface area contributed by atoms with Crippen molar-refractivity contribution >= 4 is 5.91 Å². The molecule has 2 heteroatoms. The van der Waals surface area contributed by atoms with Crippen LogP contribution in [0, 0.1) is 0 Å². The van der Waals surface area contributed by atoms with Crippen LogP contribution in [0.4, 0.5) is 0 Å². The van der Waals surface area contributed by atoms with E-state index in [2.05, 4.69) is 23.5 Å². The van der Waals surface area contributed by atoms with Crippen LogP contribution < -0.4 is 5.32 Å². The lowest BCUT2D eigenvalue weighted by Gasteiger charge is -2.35. The Morgan fingerprint density at radius 3 is 2.87 bits per heavy atom. The Labute approximate surface area is 89.0 Å². The van der Waals surface area contributed by atoms with Gasteiger partial charge in [-0.3, -0.25) is 4.79 Å². The number of carbonyl (C=O) groups excluding carboxylic acids is 1. The molecular weight excluding hydrogens is 186 g/mol. The molecular formula is C13H13NO. The second kappa shape index (κ2) is 3.23. The van der Waals surface area contributed by atoms with E-state index >= 15 is 0 Å². The van der Waals surface area contributed by atoms with Crippen LogP contribution in [-0.4, -0.2) is 11.9 Å². The molecule has 1 amide bonds. The normalized spacial score (nSPS) is 27.9. The summed E-state index contributed by atoms with van der Waals surface area (Å²) in [5, 5.41) is 3.08. The summed E-state index contributed by atoms with van der Waals surface area (Å²) in [4.78, 5) is 11.8. The Bertz CT molecular complexity index is 436. The maximum Gasteiger partial charge on any atom is 0.251 e. The van der Waals surface area contributed by atoms with Gasteiger partial charge in [-0.15, -0.1) is 0 Å². The maximum atomic E-state index is 11.8. The van der Waals surface area contributed by atoms with Crippen molar-refractivity contribution in [3.63, 3.8) is 0 Å². The average Bonchev–Trinajstić information content (AvgIpc) is 2.30. The highest BCUT2D eigenvalue weighted by molar-refractivity contribution is 5.97. The van der Waals surface area contributed by atoms with E-state index in [-0.39, 0.29) is 5.91 Å². The molecule has 2 nitrogen and oxygen atoms in total. The summed E-state index contributed by atoms with van der Waals surface area (Å²) in [6, 6.07) is 8.26. The summed E-state index contributed by atoms with van der Waals surface area (Å²) < 4.78 is 0. The molecule has 2 atom stereocenters. The molecule has 0 radical (unpaired) electrons. The fraction of sp³-hybridized carbons (Fsp3) is 0.308. The van der Waals surface area contributed by atoms with Gasteiger partial charge in [0, 0.05) is 17.5 Å². The van der Waals surface area contributed by atoms with E-state index in [0.717, 1.165) is 18.4 Å². The molecule has 1 N–H and O–H groups in total. The Balaban J connectivity index is 2.11. The van der Waals surface area contributed by atoms with E-state index in [4.69, 9.17) is 0 Å². The highest BCUT2D eigenvalue weighted by atomic mass is 16.1. The minimum absolute atomic E-state index is 0.0853. The summed E-state index contributed by atoms with van der Waals surface area (Å²) in [5.41, 5.74) is 2.07. The zero-order valence-electron chi connectivity index (χ0n) is 8.44. The predicted molar refractivity (Wildman–Crippen MR) is 58.8 cm³/mol. The van der Waals surface area contributed by atoms with E-state index in [0.29, 0.717) is 12.0 Å². The first-order chi connectivity index (χ1) is 7.36. The summed E-state index contributed by atoms with van der Waals surface area (Å²) in [6.07, 6.45) is 6.39. The molecule has 2 aliphatic rings. The topological polar surface area (TPSA) is 29.1 Å². The summed E-state index contributed by atoms with van der Waals surface area (Å²) in [6.45, 7) is 0. The second-order valence-corrected chi connectivity index (χ2v) is 4.22. The number of hydrogen-bond acceptors (Lipinski definition) is 1. The lowest BCUT2D eigenvalue weighted by molar-refractivity contribution is 0.0914. The Hall–Kier alpha value is -1.57. The summed E-state index contributed by atoms with van der Waals surface area (Å²) in [7, 11) is 0. The smallest absolute Gasteiger partial charge is 0.251 e. The van der Waals surface area contributed by atoms with Crippen molar-refractivity contribution in [2.75, 3.05) is 0 Å². The van der Waals surface area contributed by atoms with Gasteiger partial charge in [0.05, 0.1) is 0 Å². The van der Waals surface area contributed by atoms with Crippen molar-refractivity contribution in [3.05, 3.63) is 47.5 Å². The van der Waals surface area contributed by atoms with Crippen molar-refractivity contribution in [1.82, 2.24) is 5.32 Å². The standard InChI is InChI=1S/C13H13NO/c15-13-11-7-2-1-5-9(11)10-6-3-4-8-12(10)14-13/h1-5,7,10,12H,6,8H2,(H,14,15)/t10-,12+/m1/s1. The number of nitrogens with one attached hydrogen (secondary N) is 1. The predicted octanol–water partition coefficient (Wildman–Crippen LogP) is 2.23. The van der Waals surface area contributed by atoms with Gasteiger partial charge in [-0.05, 0) is 24.5 Å². The van der Waals surface area contributed by atoms with E-state index in [1.807, 2.05) is 18.2 Å². The second-order valence-electron chi connectivity index (χ2n) is 4.22. The van der Waals surface area contributed by atoms with Gasteiger partial charge >= 0.3 is 0 Å². The molecule has 1 aliphatic carbocycles. The zero-order chi connectivity index (χ0) is 10.3. The van der Waals surface area contributed by atoms with Gasteiger partial charge < -0.3 is 5.32 Å². The molecule has 0 spiro atoms. The quantitative estimate of drug-likeness (QED) is 0.638. The summed E-state index contributed by atoms with van der Waals surface area (Å²) in [5.74, 6) is 0.561. The van der Waals surface area contributed by atoms with Gasteiger partial charge in [0.25, 0.3) is 5.91 Å². The van der Waals surface area contributed by atoms with Crippen molar-refractivity contribution in [1.29, 1.82) is 0 Å². The molecule has 1 aliphatic heterocycles. The van der Waals surface area contributed by atoms with Crippen LogP contribution in [0.25, 0.3) is 0 Å². The molecule has 15 heavy (non-hydrogen) atoms. The largest absolute Gasteiger partial charge is 0.348 e. The van der Waals surface area contributed by atoms with Gasteiger partial charge in [-0.1, -0.05) is 30.4 Å². The molecule has 0 bridgehead atoms. The average molecular weight is 199 g/mol. The van der Waals surface area contributed by atoms with Gasteiger partial charge in [0.1, 0.15) is 0 Å². The molecule has 1 aromatic rings. The SMILES string of the molecule is O=C1N[C@H]2CC=CC[C@@H]2c2ccccc21. The number of amides is 1. The number of allylic oxidation sites excluding steroid dienone is 1. The Kier molecular flexibility index (Phi) is 1.88. The molecule has 0 saturated carbocycles. The van der Waals surface area contributed by atoms with Crippen LogP contribution in [0.2, 0.25) is 0 Å². The van der Waals surface area contributed by atoms with E-state index in [1.54, 1.807) is 0 Å². The molecule has 0 unspecified atom stereocenters. The Morgan fingerprint density at radius 1 is 1.13 bits per heavy atom. The number of fused-ring (bicyclic) bond motifs is 3. The van der Waals surface area contributed by atoms with Crippen LogP contribution in [-0.2, 0) is 0 Å². The van der Waals surface area contributed by atoms with Crippen molar-refractivity contribution in [3.8, 4) is 0 Å². The van der Waals surface area contributed by atoms with Crippen molar-refractivity contribution in [2.45, 2.75) is 24.8 Å². The molecule has 76 valence electrons. The maximum absolute atomic E-state index is 11.8. The van der Waals surface area contributed by atoms with Crippen LogP contribution in [0.1, 0.15) is 34.7 Å². The van der Waals surface area contributed by atoms with Crippen molar-refractivity contribution < 1.29 is 4.79 Å². The van der Waals surface area contributed by atoms with Crippen LogP contribution >= 0.6 is 0 Å². The first-order valence-electron chi connectivity index (χ1n) is 5.41. The number of benzene rings is 1. The first kappa shape index (κ1) is 8.72. The summed E-state index contributed by atoms with van der Waals surface area (Å²) >= 11 is 0. The highest BCUT2D eigenvalue weighted by Gasteiger charge is 2.32. The van der Waals surface area contributed by atoms with Crippen molar-refractivity contribution in [2.24, 2.45) is 0 Å². The van der Waals surface area contributed by atoms with Crippen LogP contribution in [0.5, 0.6) is 0 Å². The Morgan fingerprint density at radius 2 is 1.93 bits per heavy atom. The number of hydrogen-bond donors (Lipinski definition) is 1. The number of carbonyl (C=O) groups is 1. The highest BCUT2D eigenvalue weighted by Crippen LogP contribution is 2.34. The molecule has 0 aromatic heterocycles. The van der Waals surface area contributed by atoms with Gasteiger partial charge in [-0.2, -0.15) is 0 Å². The third-order valence-electron chi connectivity index (χ3n) is 3.35. The van der Waals surface area contributed by atoms with Gasteiger partial charge in [-0.25, -0.2) is 0 Å². The molecule has 3 rings (SSSR count). The molecule has 0 saturated heterocycles. The monoisotopic (exact) mass is 199 g/mol. The fourth-order valence-electron chi connectivity index (χ4n) is 2.59. The fourth-order valence-corrected chi connectivity index (χ4v) is 2.59. The molecule has 0 fully saturated rings. The third-order valence-corrected chi connectivity index (χ3v) is 3.35. The van der Waals surface area contributed by atoms with Gasteiger partial charge in [0.15, 0.2) is 0 Å². The van der Waals surface area contributed by atoms with E-state index in [1.165, 1.54) is 5.56 Å².